The molecule has 0 saturated carbocycles. The molecular formula is C11H20N2O2S. The highest BCUT2D eigenvalue weighted by molar-refractivity contribution is 7.80. The van der Waals surface area contributed by atoms with E-state index in [4.69, 9.17) is 22.7 Å². The van der Waals surface area contributed by atoms with Crippen LogP contribution in [-0.4, -0.2) is 41.6 Å². The molecule has 0 aromatic rings. The SMILES string of the molecule is CCCOC1CCCN(C(=O)CC(N)=S)C1. The maximum absolute atomic E-state index is 11.7. The van der Waals surface area contributed by atoms with Crippen molar-refractivity contribution in [2.45, 2.75) is 38.7 Å². The van der Waals surface area contributed by atoms with E-state index in [1.165, 1.54) is 0 Å². The van der Waals surface area contributed by atoms with Gasteiger partial charge in [0.05, 0.1) is 17.5 Å². The number of hydrogen-bond acceptors (Lipinski definition) is 3. The number of amides is 1. The average Bonchev–Trinajstić information content (AvgIpc) is 2.26. The minimum Gasteiger partial charge on any atom is -0.393 e. The Labute approximate surface area is 102 Å². The maximum atomic E-state index is 11.7. The second-order valence-electron chi connectivity index (χ2n) is 4.12. The van der Waals surface area contributed by atoms with Crippen LogP contribution in [0.3, 0.4) is 0 Å². The van der Waals surface area contributed by atoms with Gasteiger partial charge in [-0.15, -0.1) is 0 Å². The lowest BCUT2D eigenvalue weighted by atomic mass is 10.1. The normalized spacial score (nSPS) is 20.8. The van der Waals surface area contributed by atoms with Gasteiger partial charge in [-0.3, -0.25) is 4.79 Å². The van der Waals surface area contributed by atoms with Gasteiger partial charge in [0.2, 0.25) is 5.91 Å². The van der Waals surface area contributed by atoms with Gasteiger partial charge in [0.15, 0.2) is 0 Å². The molecule has 1 aliphatic heterocycles. The van der Waals surface area contributed by atoms with Gasteiger partial charge in [-0.1, -0.05) is 19.1 Å². The van der Waals surface area contributed by atoms with E-state index in [0.29, 0.717) is 6.54 Å². The molecule has 1 atom stereocenters. The predicted octanol–water partition coefficient (Wildman–Crippen LogP) is 1.08. The van der Waals surface area contributed by atoms with Gasteiger partial charge >= 0.3 is 0 Å². The minimum atomic E-state index is 0.0253. The Morgan fingerprint density at radius 1 is 1.62 bits per heavy atom. The third kappa shape index (κ3) is 4.45. The molecule has 0 spiro atoms. The summed E-state index contributed by atoms with van der Waals surface area (Å²) in [6.07, 6.45) is 3.41. The first-order valence-corrected chi connectivity index (χ1v) is 6.22. The van der Waals surface area contributed by atoms with Crippen LogP contribution in [-0.2, 0) is 9.53 Å². The van der Waals surface area contributed by atoms with Gasteiger partial charge in [-0.05, 0) is 19.3 Å². The van der Waals surface area contributed by atoms with Crippen LogP contribution in [0.4, 0.5) is 0 Å². The van der Waals surface area contributed by atoms with Gasteiger partial charge in [0.25, 0.3) is 0 Å². The zero-order valence-corrected chi connectivity index (χ0v) is 10.6. The lowest BCUT2D eigenvalue weighted by Gasteiger charge is -2.32. The van der Waals surface area contributed by atoms with Crippen molar-refractivity contribution in [1.82, 2.24) is 4.90 Å². The first-order valence-electron chi connectivity index (χ1n) is 5.81. The molecule has 1 fully saturated rings. The molecule has 1 heterocycles. The smallest absolute Gasteiger partial charge is 0.229 e. The number of hydrogen-bond donors (Lipinski definition) is 1. The molecule has 0 bridgehead atoms. The van der Waals surface area contributed by atoms with Crippen molar-refractivity contribution in [1.29, 1.82) is 0 Å². The van der Waals surface area contributed by atoms with E-state index in [9.17, 15) is 4.79 Å². The summed E-state index contributed by atoms with van der Waals surface area (Å²) in [4.78, 5) is 13.8. The molecule has 1 saturated heterocycles. The maximum Gasteiger partial charge on any atom is 0.229 e. The van der Waals surface area contributed by atoms with Crippen molar-refractivity contribution in [3.05, 3.63) is 0 Å². The number of carbonyl (C=O) groups excluding carboxylic acids is 1. The molecule has 0 aromatic carbocycles. The van der Waals surface area contributed by atoms with E-state index in [2.05, 4.69) is 6.92 Å². The first kappa shape index (κ1) is 13.4. The average molecular weight is 244 g/mol. The molecule has 2 N–H and O–H groups in total. The zero-order chi connectivity index (χ0) is 12.0. The summed E-state index contributed by atoms with van der Waals surface area (Å²) in [5.41, 5.74) is 5.37. The number of nitrogens with zero attached hydrogens (tertiary/aromatic N) is 1. The fourth-order valence-electron chi connectivity index (χ4n) is 1.85. The van der Waals surface area contributed by atoms with Crippen LogP contribution in [0.5, 0.6) is 0 Å². The van der Waals surface area contributed by atoms with Crippen molar-refractivity contribution in [3.63, 3.8) is 0 Å². The van der Waals surface area contributed by atoms with Crippen molar-refractivity contribution in [2.75, 3.05) is 19.7 Å². The Kier molecular flexibility index (Phi) is 5.69. The highest BCUT2D eigenvalue weighted by Gasteiger charge is 2.23. The van der Waals surface area contributed by atoms with Crippen molar-refractivity contribution >= 4 is 23.1 Å². The number of rotatable bonds is 5. The van der Waals surface area contributed by atoms with Crippen molar-refractivity contribution < 1.29 is 9.53 Å². The third-order valence-electron chi connectivity index (χ3n) is 2.61. The van der Waals surface area contributed by atoms with E-state index < -0.39 is 0 Å². The summed E-state index contributed by atoms with van der Waals surface area (Å²) in [5, 5.41) is 0. The largest absolute Gasteiger partial charge is 0.393 e. The number of piperidine rings is 1. The fraction of sp³-hybridized carbons (Fsp3) is 0.818. The van der Waals surface area contributed by atoms with Crippen molar-refractivity contribution in [2.24, 2.45) is 5.73 Å². The highest BCUT2D eigenvalue weighted by Crippen LogP contribution is 2.14. The number of carbonyl (C=O) groups is 1. The van der Waals surface area contributed by atoms with E-state index >= 15 is 0 Å². The minimum absolute atomic E-state index is 0.0253. The summed E-state index contributed by atoms with van der Waals surface area (Å²) in [6, 6.07) is 0. The summed E-state index contributed by atoms with van der Waals surface area (Å²) >= 11 is 4.74. The highest BCUT2D eigenvalue weighted by atomic mass is 32.1. The number of nitrogens with two attached hydrogens (primary N) is 1. The number of ether oxygens (including phenoxy) is 1. The van der Waals surface area contributed by atoms with Crippen LogP contribution in [0.1, 0.15) is 32.6 Å². The van der Waals surface area contributed by atoms with Crippen LogP contribution in [0.15, 0.2) is 0 Å². The molecule has 0 aromatic heterocycles. The van der Waals surface area contributed by atoms with Gasteiger partial charge in [0, 0.05) is 19.7 Å². The summed E-state index contributed by atoms with van der Waals surface area (Å²) in [7, 11) is 0. The Morgan fingerprint density at radius 3 is 3.00 bits per heavy atom. The quantitative estimate of drug-likeness (QED) is 0.735. The summed E-state index contributed by atoms with van der Waals surface area (Å²) in [6.45, 7) is 4.33. The monoisotopic (exact) mass is 244 g/mol. The van der Waals surface area contributed by atoms with E-state index in [-0.39, 0.29) is 23.4 Å². The topological polar surface area (TPSA) is 55.6 Å². The lowest BCUT2D eigenvalue weighted by molar-refractivity contribution is -0.134. The fourth-order valence-corrected chi connectivity index (χ4v) is 1.97. The molecule has 16 heavy (non-hydrogen) atoms. The first-order chi connectivity index (χ1) is 7.63. The lowest BCUT2D eigenvalue weighted by Crippen LogP contribution is -2.44. The van der Waals surface area contributed by atoms with Gasteiger partial charge in [-0.25, -0.2) is 0 Å². The van der Waals surface area contributed by atoms with Crippen LogP contribution >= 0.6 is 12.2 Å². The second kappa shape index (κ2) is 6.81. The second-order valence-corrected chi connectivity index (χ2v) is 4.64. The molecule has 1 aliphatic rings. The Hall–Kier alpha value is -0.680. The van der Waals surface area contributed by atoms with Gasteiger partial charge in [-0.2, -0.15) is 0 Å². The molecule has 0 aliphatic carbocycles. The van der Waals surface area contributed by atoms with E-state index in [0.717, 1.165) is 32.4 Å². The Balaban J connectivity index is 2.37. The third-order valence-corrected chi connectivity index (χ3v) is 2.76. The van der Waals surface area contributed by atoms with Crippen LogP contribution in [0.2, 0.25) is 0 Å². The number of likely N-dealkylation sites (tertiary alicyclic amines) is 1. The Bertz CT molecular complexity index is 258. The summed E-state index contributed by atoms with van der Waals surface area (Å²) < 4.78 is 5.66. The molecule has 92 valence electrons. The molecule has 5 heteroatoms. The molecule has 4 nitrogen and oxygen atoms in total. The molecular weight excluding hydrogens is 224 g/mol. The molecule has 1 rings (SSSR count). The summed E-state index contributed by atoms with van der Waals surface area (Å²) in [5.74, 6) is 0.0253. The number of thiocarbonyl (C=S) groups is 1. The molecule has 1 unspecified atom stereocenters. The predicted molar refractivity (Wildman–Crippen MR) is 67.2 cm³/mol. The standard InChI is InChI=1S/C11H20N2O2S/c1-2-6-15-9-4-3-5-13(8-9)11(14)7-10(12)16/h9H,2-8H2,1H3,(H2,12,16). The van der Waals surface area contributed by atoms with Gasteiger partial charge < -0.3 is 15.4 Å². The van der Waals surface area contributed by atoms with Crippen molar-refractivity contribution in [3.8, 4) is 0 Å². The van der Waals surface area contributed by atoms with Crippen LogP contribution < -0.4 is 5.73 Å². The van der Waals surface area contributed by atoms with Crippen LogP contribution in [0, 0.1) is 0 Å². The molecule has 1 amide bonds. The van der Waals surface area contributed by atoms with Crippen LogP contribution in [0.25, 0.3) is 0 Å². The zero-order valence-electron chi connectivity index (χ0n) is 9.78. The van der Waals surface area contributed by atoms with Gasteiger partial charge in [0.1, 0.15) is 0 Å². The molecule has 0 radical (unpaired) electrons. The Morgan fingerprint density at radius 2 is 2.38 bits per heavy atom. The van der Waals surface area contributed by atoms with E-state index in [1.807, 2.05) is 4.90 Å². The van der Waals surface area contributed by atoms with E-state index in [1.54, 1.807) is 0 Å².